The molecule has 1 aromatic carbocycles. The molecule has 1 saturated carbocycles. The van der Waals surface area contributed by atoms with Gasteiger partial charge in [0.05, 0.1) is 0 Å². The summed E-state index contributed by atoms with van der Waals surface area (Å²) in [6, 6.07) is 11.1. The van der Waals surface area contributed by atoms with Gasteiger partial charge in [0, 0.05) is 0 Å². The van der Waals surface area contributed by atoms with E-state index < -0.39 is 0 Å². The van der Waals surface area contributed by atoms with Crippen LogP contribution in [-0.4, -0.2) is 0 Å². The second kappa shape index (κ2) is 10.9. The molecule has 2 aliphatic rings. The van der Waals surface area contributed by atoms with Crippen LogP contribution < -0.4 is 37.2 Å². The Balaban J connectivity index is 0. The zero-order chi connectivity index (χ0) is 11.6. The molecule has 0 N–H and O–H groups in total. The number of benzene rings is 1. The predicted molar refractivity (Wildman–Crippen MR) is 71.7 cm³/mol. The monoisotopic (exact) mass is 376 g/mol. The van der Waals surface area contributed by atoms with Gasteiger partial charge in [0.25, 0.3) is 0 Å². The van der Waals surface area contributed by atoms with E-state index >= 15 is 0 Å². The maximum absolute atomic E-state index is 3.50. The number of allylic oxidation sites excluding steroid dienone is 4. The molecule has 112 valence electrons. The Labute approximate surface area is 162 Å². The van der Waals surface area contributed by atoms with Crippen LogP contribution in [0.25, 0.3) is 0 Å². The second-order valence-electron chi connectivity index (χ2n) is 5.24. The first kappa shape index (κ1) is 23.5. The molecule has 4 heteroatoms. The third-order valence-electron chi connectivity index (χ3n) is 4.31. The molecule has 0 amide bonds. The molecule has 0 aliphatic heterocycles. The molecule has 0 bridgehead atoms. The number of hydrogen-bond donors (Lipinski definition) is 0. The molecule has 0 radical (unpaired) electrons. The average molecular weight is 378 g/mol. The van der Waals surface area contributed by atoms with Crippen LogP contribution in [0, 0.1) is 6.08 Å². The number of halogens is 3. The third kappa shape index (κ3) is 4.88. The fourth-order valence-electron chi connectivity index (χ4n) is 3.41. The Bertz CT molecular complexity index is 448. The van der Waals surface area contributed by atoms with Crippen molar-refractivity contribution in [2.75, 3.05) is 0 Å². The summed E-state index contributed by atoms with van der Waals surface area (Å²) in [5, 5.41) is 0. The Morgan fingerprint density at radius 2 is 1.48 bits per heavy atom. The Morgan fingerprint density at radius 3 is 2.00 bits per heavy atom. The van der Waals surface area contributed by atoms with Crippen molar-refractivity contribution in [1.29, 1.82) is 0 Å². The van der Waals surface area contributed by atoms with Gasteiger partial charge in [-0.05, 0) is 23.8 Å². The van der Waals surface area contributed by atoms with E-state index in [1.807, 2.05) is 0 Å². The molecule has 3 rings (SSSR count). The standard InChI is InChI=1S/C17H19.3ClH.Ti/c1-3-9-15(10-4-1)17(13-7-2-8-14-17)16-11-5-6-12-16;;;;/h1,3-6,9-10H,2,7-8,11,13-14H2;3*1H;/q-1;;;;+4/p-3. The van der Waals surface area contributed by atoms with E-state index in [-0.39, 0.29) is 58.9 Å². The van der Waals surface area contributed by atoms with Crippen LogP contribution in [0.3, 0.4) is 0 Å². The van der Waals surface area contributed by atoms with E-state index in [4.69, 9.17) is 0 Å². The molecular formula is C17H19Cl3Ti. The van der Waals surface area contributed by atoms with Gasteiger partial charge in [0.2, 0.25) is 0 Å². The molecule has 0 heterocycles. The van der Waals surface area contributed by atoms with Gasteiger partial charge >= 0.3 is 21.7 Å². The van der Waals surface area contributed by atoms with E-state index in [1.54, 1.807) is 0 Å². The maximum atomic E-state index is 3.50. The Hall–Kier alpha value is 0.284. The summed E-state index contributed by atoms with van der Waals surface area (Å²) < 4.78 is 0. The third-order valence-corrected chi connectivity index (χ3v) is 4.31. The average Bonchev–Trinajstić information content (AvgIpc) is 2.95. The molecule has 0 aromatic heterocycles. The van der Waals surface area contributed by atoms with E-state index in [0.717, 1.165) is 6.42 Å². The summed E-state index contributed by atoms with van der Waals surface area (Å²) in [7, 11) is 0. The first-order chi connectivity index (χ1) is 8.42. The number of rotatable bonds is 2. The van der Waals surface area contributed by atoms with Gasteiger partial charge < -0.3 is 37.2 Å². The van der Waals surface area contributed by atoms with Crippen molar-refractivity contribution in [1.82, 2.24) is 0 Å². The summed E-state index contributed by atoms with van der Waals surface area (Å²) in [6.07, 6.45) is 15.7. The summed E-state index contributed by atoms with van der Waals surface area (Å²) in [4.78, 5) is 0. The molecule has 2 aliphatic carbocycles. The molecule has 21 heavy (non-hydrogen) atoms. The number of hydrogen-bond acceptors (Lipinski definition) is 0. The van der Waals surface area contributed by atoms with Crippen molar-refractivity contribution in [3.05, 3.63) is 59.7 Å². The molecule has 0 unspecified atom stereocenters. The van der Waals surface area contributed by atoms with Crippen molar-refractivity contribution in [2.45, 2.75) is 43.9 Å². The molecule has 1 fully saturated rings. The summed E-state index contributed by atoms with van der Waals surface area (Å²) in [5.41, 5.74) is 3.32. The van der Waals surface area contributed by atoms with Crippen LogP contribution in [0.15, 0.2) is 48.1 Å². The van der Waals surface area contributed by atoms with Crippen molar-refractivity contribution in [3.8, 4) is 0 Å². The van der Waals surface area contributed by atoms with Gasteiger partial charge in [-0.15, -0.1) is 0 Å². The molecule has 1 aromatic rings. The van der Waals surface area contributed by atoms with Crippen LogP contribution in [0.2, 0.25) is 0 Å². The second-order valence-corrected chi connectivity index (χ2v) is 5.24. The maximum Gasteiger partial charge on any atom is 4.00 e. The van der Waals surface area contributed by atoms with Crippen LogP contribution in [0.1, 0.15) is 44.1 Å². The van der Waals surface area contributed by atoms with Gasteiger partial charge in [-0.3, -0.25) is 6.08 Å². The van der Waals surface area contributed by atoms with Gasteiger partial charge in [-0.1, -0.05) is 56.0 Å². The fraction of sp³-hybridized carbons (Fsp3) is 0.412. The van der Waals surface area contributed by atoms with Gasteiger partial charge in [0.1, 0.15) is 0 Å². The minimum absolute atomic E-state index is 0. The van der Waals surface area contributed by atoms with E-state index in [2.05, 4.69) is 48.6 Å². The van der Waals surface area contributed by atoms with Gasteiger partial charge in [0.15, 0.2) is 0 Å². The zero-order valence-electron chi connectivity index (χ0n) is 11.9. The Morgan fingerprint density at radius 1 is 0.857 bits per heavy atom. The van der Waals surface area contributed by atoms with Crippen LogP contribution in [0.5, 0.6) is 0 Å². The van der Waals surface area contributed by atoms with Crippen molar-refractivity contribution in [3.63, 3.8) is 0 Å². The minimum atomic E-state index is 0. The first-order valence-electron chi connectivity index (χ1n) is 6.75. The predicted octanol–water partition coefficient (Wildman–Crippen LogP) is -4.41. The summed E-state index contributed by atoms with van der Waals surface area (Å²) >= 11 is 0. The molecule has 0 atom stereocenters. The van der Waals surface area contributed by atoms with Crippen molar-refractivity contribution >= 4 is 0 Å². The summed E-state index contributed by atoms with van der Waals surface area (Å²) in [5.74, 6) is 0. The van der Waals surface area contributed by atoms with Crippen molar-refractivity contribution < 1.29 is 58.9 Å². The minimum Gasteiger partial charge on any atom is -1.00 e. The quantitative estimate of drug-likeness (QED) is 0.361. The molecule has 0 saturated heterocycles. The van der Waals surface area contributed by atoms with Gasteiger partial charge in [-0.2, -0.15) is 5.57 Å². The van der Waals surface area contributed by atoms with Crippen LogP contribution in [0.4, 0.5) is 0 Å². The molecule has 0 spiro atoms. The fourth-order valence-corrected chi connectivity index (χ4v) is 3.41. The molecule has 0 nitrogen and oxygen atoms in total. The van der Waals surface area contributed by atoms with Crippen LogP contribution in [-0.2, 0) is 27.1 Å². The topological polar surface area (TPSA) is 0 Å². The van der Waals surface area contributed by atoms with E-state index in [9.17, 15) is 0 Å². The SMILES string of the molecule is [C-]1=C(C2(c3ccccc3)CCCCC2)CC=C1.[Cl-].[Cl-].[Cl-].[Ti+4]. The smallest absolute Gasteiger partial charge is 1.00 e. The largest absolute Gasteiger partial charge is 4.00 e. The normalized spacial score (nSPS) is 18.2. The first-order valence-corrected chi connectivity index (χ1v) is 6.75. The van der Waals surface area contributed by atoms with Crippen molar-refractivity contribution in [2.24, 2.45) is 0 Å². The Kier molecular flexibility index (Phi) is 12.2. The summed E-state index contributed by atoms with van der Waals surface area (Å²) in [6.45, 7) is 0. The molecular weight excluding hydrogens is 358 g/mol. The van der Waals surface area contributed by atoms with E-state index in [0.29, 0.717) is 5.41 Å². The van der Waals surface area contributed by atoms with E-state index in [1.165, 1.54) is 43.2 Å². The zero-order valence-corrected chi connectivity index (χ0v) is 15.7. The van der Waals surface area contributed by atoms with Crippen LogP contribution >= 0.6 is 0 Å². The van der Waals surface area contributed by atoms with Gasteiger partial charge in [-0.25, -0.2) is 12.2 Å².